The smallest absolute Gasteiger partial charge is 0.350 e. The largest absolute Gasteiger partial charge is 0.488 e. The molecule has 0 aliphatic heterocycles. The fourth-order valence-corrected chi connectivity index (χ4v) is 2.63. The van der Waals surface area contributed by atoms with Crippen LogP contribution in [0, 0.1) is 10.5 Å². The van der Waals surface area contributed by atoms with Gasteiger partial charge in [0, 0.05) is 5.39 Å². The van der Waals surface area contributed by atoms with Crippen molar-refractivity contribution in [3.05, 3.63) is 48.8 Å². The maximum absolute atomic E-state index is 11.7. The van der Waals surface area contributed by atoms with Gasteiger partial charge in [-0.05, 0) is 63.1 Å². The third kappa shape index (κ3) is 2.33. The molecule has 1 heterocycles. The van der Waals surface area contributed by atoms with Gasteiger partial charge in [0.2, 0.25) is 0 Å². The van der Waals surface area contributed by atoms with Crippen molar-refractivity contribution in [2.45, 2.75) is 6.92 Å². The molecule has 0 saturated heterocycles. The van der Waals surface area contributed by atoms with E-state index >= 15 is 0 Å². The molecule has 0 unspecified atom stereocenters. The summed E-state index contributed by atoms with van der Waals surface area (Å²) in [6.07, 6.45) is 1.67. The second-order valence-corrected chi connectivity index (χ2v) is 5.55. The van der Waals surface area contributed by atoms with E-state index in [-0.39, 0.29) is 5.63 Å². The van der Waals surface area contributed by atoms with Crippen LogP contribution in [0.5, 0.6) is 5.75 Å². The molecule has 18 heavy (non-hydrogen) atoms. The van der Waals surface area contributed by atoms with Gasteiger partial charge < -0.3 is 9.15 Å². The van der Waals surface area contributed by atoms with Crippen LogP contribution in [-0.2, 0) is 0 Å². The van der Waals surface area contributed by atoms with Gasteiger partial charge in [0.05, 0.1) is 3.57 Å². The lowest BCUT2D eigenvalue weighted by atomic mass is 10.1. The van der Waals surface area contributed by atoms with Crippen LogP contribution < -0.4 is 10.4 Å². The summed E-state index contributed by atoms with van der Waals surface area (Å²) in [4.78, 5) is 11.7. The van der Waals surface area contributed by atoms with Crippen molar-refractivity contribution in [2.24, 2.45) is 0 Å². The molecule has 0 fully saturated rings. The van der Waals surface area contributed by atoms with E-state index in [0.717, 1.165) is 14.5 Å². The molecule has 0 radical (unpaired) electrons. The minimum atomic E-state index is -0.376. The highest BCUT2D eigenvalue weighted by molar-refractivity contribution is 14.1. The summed E-state index contributed by atoms with van der Waals surface area (Å²) in [5.74, 6) is 0.688. The second kappa shape index (κ2) is 5.44. The van der Waals surface area contributed by atoms with E-state index in [2.05, 4.69) is 45.1 Å². The first-order valence-corrected chi connectivity index (χ1v) is 7.08. The Balaban J connectivity index is 2.71. The highest BCUT2D eigenvalue weighted by Crippen LogP contribution is 2.32. The summed E-state index contributed by atoms with van der Waals surface area (Å²) >= 11 is 5.35. The lowest BCUT2D eigenvalue weighted by molar-refractivity contribution is 0.360. The third-order valence-corrected chi connectivity index (χ3v) is 4.47. The Bertz CT molecular complexity index is 676. The fourth-order valence-electron chi connectivity index (χ4n) is 1.60. The molecule has 1 aromatic carbocycles. The Kier molecular flexibility index (Phi) is 4.11. The van der Waals surface area contributed by atoms with Crippen LogP contribution in [0.1, 0.15) is 5.56 Å². The zero-order valence-corrected chi connectivity index (χ0v) is 13.4. The predicted octanol–water partition coefficient (Wildman–Crippen LogP) is 4.03. The molecule has 1 aromatic heterocycles. The van der Waals surface area contributed by atoms with Crippen LogP contribution in [0.25, 0.3) is 11.0 Å². The van der Waals surface area contributed by atoms with Gasteiger partial charge in [-0.15, -0.1) is 0 Å². The summed E-state index contributed by atoms with van der Waals surface area (Å²) in [7, 11) is 0. The number of rotatable bonds is 3. The number of halogens is 2. The van der Waals surface area contributed by atoms with E-state index < -0.39 is 0 Å². The van der Waals surface area contributed by atoms with E-state index in [1.165, 1.54) is 0 Å². The topological polar surface area (TPSA) is 39.4 Å². The minimum absolute atomic E-state index is 0.376. The van der Waals surface area contributed by atoms with Crippen molar-refractivity contribution in [1.29, 1.82) is 0 Å². The summed E-state index contributed by atoms with van der Waals surface area (Å²) in [5, 5.41) is 0.900. The first kappa shape index (κ1) is 13.6. The summed E-state index contributed by atoms with van der Waals surface area (Å²) < 4.78 is 12.1. The lowest BCUT2D eigenvalue weighted by Gasteiger charge is -2.09. The van der Waals surface area contributed by atoms with Gasteiger partial charge in [-0.25, -0.2) is 4.79 Å². The molecule has 0 bridgehead atoms. The van der Waals surface area contributed by atoms with Crippen LogP contribution >= 0.6 is 38.5 Å². The second-order valence-electron chi connectivity index (χ2n) is 3.68. The molecule has 5 heteroatoms. The molecule has 0 atom stereocenters. The SMILES string of the molecule is C=CCOc1ccc2c(C)c(Br)c(=O)oc2c1I. The molecule has 94 valence electrons. The Morgan fingerprint density at radius 3 is 2.94 bits per heavy atom. The lowest BCUT2D eigenvalue weighted by Crippen LogP contribution is -2.04. The van der Waals surface area contributed by atoms with Crippen LogP contribution in [0.2, 0.25) is 0 Å². The highest BCUT2D eigenvalue weighted by atomic mass is 127. The third-order valence-electron chi connectivity index (χ3n) is 2.53. The van der Waals surface area contributed by atoms with Crippen LogP contribution in [-0.4, -0.2) is 6.61 Å². The summed E-state index contributed by atoms with van der Waals surface area (Å²) in [5.41, 5.74) is 1.05. The van der Waals surface area contributed by atoms with Crippen LogP contribution in [0.3, 0.4) is 0 Å². The number of ether oxygens (including phenoxy) is 1. The van der Waals surface area contributed by atoms with Crippen molar-refractivity contribution in [3.63, 3.8) is 0 Å². The Labute approximate surface area is 126 Å². The van der Waals surface area contributed by atoms with Gasteiger partial charge >= 0.3 is 5.63 Å². The van der Waals surface area contributed by atoms with Crippen LogP contribution in [0.15, 0.2) is 38.5 Å². The molecule has 0 amide bonds. The maximum Gasteiger partial charge on any atom is 0.350 e. The van der Waals surface area contributed by atoms with Crippen molar-refractivity contribution in [2.75, 3.05) is 6.61 Å². The number of hydrogen-bond acceptors (Lipinski definition) is 3. The predicted molar refractivity (Wildman–Crippen MR) is 83.3 cm³/mol. The number of benzene rings is 1. The Morgan fingerprint density at radius 1 is 1.56 bits per heavy atom. The normalized spacial score (nSPS) is 10.6. The van der Waals surface area contributed by atoms with Gasteiger partial charge in [-0.3, -0.25) is 0 Å². The zero-order valence-electron chi connectivity index (χ0n) is 9.63. The van der Waals surface area contributed by atoms with E-state index in [9.17, 15) is 4.79 Å². The molecule has 0 saturated carbocycles. The number of aryl methyl sites for hydroxylation is 1. The Hall–Kier alpha value is -0.820. The molecule has 0 aliphatic carbocycles. The molecule has 0 aliphatic rings. The monoisotopic (exact) mass is 420 g/mol. The first-order chi connectivity index (χ1) is 8.56. The molecule has 2 rings (SSSR count). The summed E-state index contributed by atoms with van der Waals surface area (Å²) in [6, 6.07) is 3.76. The quantitative estimate of drug-likeness (QED) is 0.427. The summed E-state index contributed by atoms with van der Waals surface area (Å²) in [6.45, 7) is 5.90. The van der Waals surface area contributed by atoms with E-state index in [4.69, 9.17) is 9.15 Å². The number of hydrogen-bond donors (Lipinski definition) is 0. The maximum atomic E-state index is 11.7. The molecule has 0 N–H and O–H groups in total. The molecular formula is C13H10BrIO3. The van der Waals surface area contributed by atoms with Crippen molar-refractivity contribution in [1.82, 2.24) is 0 Å². The zero-order chi connectivity index (χ0) is 13.3. The van der Waals surface area contributed by atoms with Gasteiger partial charge in [0.15, 0.2) is 5.58 Å². The van der Waals surface area contributed by atoms with Gasteiger partial charge in [-0.2, -0.15) is 0 Å². The van der Waals surface area contributed by atoms with Crippen LogP contribution in [0.4, 0.5) is 0 Å². The van der Waals surface area contributed by atoms with Crippen molar-refractivity contribution >= 4 is 49.5 Å². The van der Waals surface area contributed by atoms with Gasteiger partial charge in [0.1, 0.15) is 16.8 Å². The minimum Gasteiger partial charge on any atom is -0.488 e. The molecular weight excluding hydrogens is 411 g/mol. The molecule has 3 nitrogen and oxygen atoms in total. The van der Waals surface area contributed by atoms with E-state index in [0.29, 0.717) is 22.4 Å². The fraction of sp³-hybridized carbons (Fsp3) is 0.154. The van der Waals surface area contributed by atoms with E-state index in [1.807, 2.05) is 19.1 Å². The Morgan fingerprint density at radius 2 is 2.28 bits per heavy atom. The van der Waals surface area contributed by atoms with E-state index in [1.54, 1.807) is 6.08 Å². The first-order valence-electron chi connectivity index (χ1n) is 5.21. The van der Waals surface area contributed by atoms with Gasteiger partial charge in [-0.1, -0.05) is 12.7 Å². The van der Waals surface area contributed by atoms with Crippen molar-refractivity contribution in [3.8, 4) is 5.75 Å². The van der Waals surface area contributed by atoms with Crippen molar-refractivity contribution < 1.29 is 9.15 Å². The highest BCUT2D eigenvalue weighted by Gasteiger charge is 2.14. The molecule has 0 spiro atoms. The average Bonchev–Trinajstić information content (AvgIpc) is 2.36. The molecule has 2 aromatic rings. The van der Waals surface area contributed by atoms with Gasteiger partial charge in [0.25, 0.3) is 0 Å². The standard InChI is InChI=1S/C13H10BrIO3/c1-3-6-17-9-5-4-8-7(2)10(14)13(16)18-12(8)11(9)15/h3-5H,1,6H2,2H3. The number of fused-ring (bicyclic) bond motifs is 1. The average molecular weight is 421 g/mol.